The van der Waals surface area contributed by atoms with Gasteiger partial charge in [0, 0.05) is 30.9 Å². The van der Waals surface area contributed by atoms with Crippen molar-refractivity contribution in [1.82, 2.24) is 29.1 Å². The highest BCUT2D eigenvalue weighted by Gasteiger charge is 2.21. The van der Waals surface area contributed by atoms with E-state index in [0.29, 0.717) is 35.0 Å². The fourth-order valence-electron chi connectivity index (χ4n) is 4.39. The molecule has 5 N–H and O–H groups in total. The number of aromatic amines is 1. The van der Waals surface area contributed by atoms with Gasteiger partial charge >= 0.3 is 0 Å². The van der Waals surface area contributed by atoms with Crippen LogP contribution in [0.1, 0.15) is 76.5 Å². The fraction of sp³-hybridized carbons (Fsp3) is 0.478. The molecular weight excluding hydrogens is 404 g/mol. The monoisotopic (exact) mass is 436 g/mol. The molecule has 0 saturated heterocycles. The third-order valence-electron chi connectivity index (χ3n) is 6.07. The van der Waals surface area contributed by atoms with E-state index in [9.17, 15) is 4.79 Å². The van der Waals surface area contributed by atoms with E-state index < -0.39 is 0 Å². The highest BCUT2D eigenvalue weighted by molar-refractivity contribution is 5.90. The Morgan fingerprint density at radius 3 is 2.28 bits per heavy atom. The SMILES string of the molecule is CCc1cn(C(C)Cc2nc(N)c3c(C(C)C)cn(C(C)C)c3n2)c2nc(N)[nH]c(=O)c12. The minimum atomic E-state index is -0.215. The molecule has 0 spiro atoms. The van der Waals surface area contributed by atoms with Crippen molar-refractivity contribution < 1.29 is 0 Å². The average molecular weight is 437 g/mol. The van der Waals surface area contributed by atoms with Gasteiger partial charge in [0.15, 0.2) is 0 Å². The number of rotatable bonds is 6. The van der Waals surface area contributed by atoms with E-state index >= 15 is 0 Å². The van der Waals surface area contributed by atoms with Gasteiger partial charge in [0.2, 0.25) is 5.95 Å². The number of fused-ring (bicyclic) bond motifs is 2. The van der Waals surface area contributed by atoms with E-state index in [4.69, 9.17) is 16.5 Å². The summed E-state index contributed by atoms with van der Waals surface area (Å²) in [4.78, 5) is 29.1. The topological polar surface area (TPSA) is 133 Å². The van der Waals surface area contributed by atoms with Crippen LogP contribution in [0.15, 0.2) is 17.2 Å². The van der Waals surface area contributed by atoms with Gasteiger partial charge in [0.25, 0.3) is 5.56 Å². The number of aromatic nitrogens is 6. The molecule has 0 fully saturated rings. The number of H-pyrrole nitrogens is 1. The summed E-state index contributed by atoms with van der Waals surface area (Å²) in [5.41, 5.74) is 15.6. The van der Waals surface area contributed by atoms with Crippen molar-refractivity contribution in [2.75, 3.05) is 11.5 Å². The van der Waals surface area contributed by atoms with Crippen LogP contribution in [0.25, 0.3) is 22.1 Å². The molecule has 32 heavy (non-hydrogen) atoms. The Morgan fingerprint density at radius 1 is 0.969 bits per heavy atom. The normalized spacial score (nSPS) is 13.1. The highest BCUT2D eigenvalue weighted by Crippen LogP contribution is 2.32. The highest BCUT2D eigenvalue weighted by atomic mass is 16.1. The number of anilines is 2. The summed E-state index contributed by atoms with van der Waals surface area (Å²) in [5, 5.41) is 1.52. The van der Waals surface area contributed by atoms with Gasteiger partial charge in [0.1, 0.15) is 22.9 Å². The molecule has 0 amide bonds. The molecule has 0 aliphatic rings. The molecule has 0 saturated carbocycles. The number of nitrogen functional groups attached to an aromatic ring is 2. The largest absolute Gasteiger partial charge is 0.383 e. The summed E-state index contributed by atoms with van der Waals surface area (Å²) in [7, 11) is 0. The van der Waals surface area contributed by atoms with E-state index in [1.165, 1.54) is 0 Å². The Hall–Kier alpha value is -3.36. The second-order valence-corrected chi connectivity index (χ2v) is 9.08. The second-order valence-electron chi connectivity index (χ2n) is 9.08. The zero-order valence-electron chi connectivity index (χ0n) is 19.6. The quantitative estimate of drug-likeness (QED) is 0.422. The Labute approximate surface area is 186 Å². The average Bonchev–Trinajstić information content (AvgIpc) is 3.27. The molecule has 0 radical (unpaired) electrons. The zero-order valence-corrected chi connectivity index (χ0v) is 19.6. The Morgan fingerprint density at radius 2 is 1.66 bits per heavy atom. The van der Waals surface area contributed by atoms with E-state index in [1.54, 1.807) is 0 Å². The van der Waals surface area contributed by atoms with Crippen molar-refractivity contribution in [1.29, 1.82) is 0 Å². The summed E-state index contributed by atoms with van der Waals surface area (Å²) in [5.74, 6) is 1.59. The minimum Gasteiger partial charge on any atom is -0.383 e. The first-order chi connectivity index (χ1) is 15.1. The Kier molecular flexibility index (Phi) is 5.44. The van der Waals surface area contributed by atoms with Crippen LogP contribution in [0, 0.1) is 0 Å². The first-order valence-corrected chi connectivity index (χ1v) is 11.2. The van der Waals surface area contributed by atoms with Gasteiger partial charge in [-0.25, -0.2) is 9.97 Å². The van der Waals surface area contributed by atoms with Crippen LogP contribution < -0.4 is 17.0 Å². The molecule has 9 nitrogen and oxygen atoms in total. The van der Waals surface area contributed by atoms with E-state index in [1.807, 2.05) is 17.7 Å². The van der Waals surface area contributed by atoms with E-state index in [-0.39, 0.29) is 23.6 Å². The van der Waals surface area contributed by atoms with Crippen LogP contribution in [0.2, 0.25) is 0 Å². The first-order valence-electron chi connectivity index (χ1n) is 11.2. The molecular formula is C23H32N8O. The van der Waals surface area contributed by atoms with Gasteiger partial charge in [-0.3, -0.25) is 9.78 Å². The van der Waals surface area contributed by atoms with Gasteiger partial charge in [-0.2, -0.15) is 4.98 Å². The number of aryl methyl sites for hydroxylation is 1. The van der Waals surface area contributed by atoms with Crippen molar-refractivity contribution in [2.45, 2.75) is 72.4 Å². The number of nitrogens with one attached hydrogen (secondary N) is 1. The van der Waals surface area contributed by atoms with Gasteiger partial charge in [0.05, 0.1) is 10.8 Å². The van der Waals surface area contributed by atoms with E-state index in [2.05, 4.69) is 60.3 Å². The van der Waals surface area contributed by atoms with Gasteiger partial charge in [-0.15, -0.1) is 0 Å². The lowest BCUT2D eigenvalue weighted by atomic mass is 10.0. The minimum absolute atomic E-state index is 0.0459. The molecule has 0 aliphatic heterocycles. The molecule has 4 heterocycles. The smallest absolute Gasteiger partial charge is 0.262 e. The van der Waals surface area contributed by atoms with E-state index in [0.717, 1.165) is 28.6 Å². The van der Waals surface area contributed by atoms with Crippen molar-refractivity contribution >= 4 is 33.8 Å². The molecule has 9 heteroatoms. The predicted molar refractivity (Wildman–Crippen MR) is 129 cm³/mol. The van der Waals surface area contributed by atoms with Gasteiger partial charge in [-0.05, 0) is 44.2 Å². The molecule has 0 bridgehead atoms. The summed E-state index contributed by atoms with van der Waals surface area (Å²) in [6, 6.07) is 0.208. The van der Waals surface area contributed by atoms with Crippen molar-refractivity contribution in [3.05, 3.63) is 39.7 Å². The second kappa shape index (κ2) is 7.96. The van der Waals surface area contributed by atoms with Crippen LogP contribution in [-0.2, 0) is 12.8 Å². The van der Waals surface area contributed by atoms with Crippen LogP contribution in [-0.4, -0.2) is 29.1 Å². The third-order valence-corrected chi connectivity index (χ3v) is 6.07. The molecule has 1 unspecified atom stereocenters. The van der Waals surface area contributed by atoms with Crippen LogP contribution >= 0.6 is 0 Å². The number of hydrogen-bond acceptors (Lipinski definition) is 6. The lowest BCUT2D eigenvalue weighted by Crippen LogP contribution is -2.15. The molecule has 0 aromatic carbocycles. The Bertz CT molecular complexity index is 1360. The Balaban J connectivity index is 1.81. The molecule has 1 atom stereocenters. The maximum Gasteiger partial charge on any atom is 0.262 e. The number of nitrogens with zero attached hydrogens (tertiary/aromatic N) is 5. The van der Waals surface area contributed by atoms with Gasteiger partial charge in [-0.1, -0.05) is 20.8 Å². The molecule has 170 valence electrons. The van der Waals surface area contributed by atoms with Crippen molar-refractivity contribution in [3.63, 3.8) is 0 Å². The summed E-state index contributed by atoms with van der Waals surface area (Å²) in [6.07, 6.45) is 5.39. The van der Waals surface area contributed by atoms with Gasteiger partial charge < -0.3 is 20.6 Å². The maximum atomic E-state index is 12.5. The maximum absolute atomic E-state index is 12.5. The van der Waals surface area contributed by atoms with Crippen LogP contribution in [0.5, 0.6) is 0 Å². The lowest BCUT2D eigenvalue weighted by Gasteiger charge is -2.15. The molecule has 4 aromatic heterocycles. The predicted octanol–water partition coefficient (Wildman–Crippen LogP) is 3.70. The summed E-state index contributed by atoms with van der Waals surface area (Å²) < 4.78 is 4.16. The number of hydrogen-bond donors (Lipinski definition) is 3. The molecule has 4 aromatic rings. The van der Waals surface area contributed by atoms with Crippen molar-refractivity contribution in [2.24, 2.45) is 0 Å². The first kappa shape index (κ1) is 21.9. The number of nitrogens with two attached hydrogens (primary N) is 2. The van der Waals surface area contributed by atoms with Crippen molar-refractivity contribution in [3.8, 4) is 0 Å². The lowest BCUT2D eigenvalue weighted by molar-refractivity contribution is 0.542. The fourth-order valence-corrected chi connectivity index (χ4v) is 4.39. The summed E-state index contributed by atoms with van der Waals surface area (Å²) in [6.45, 7) is 12.6. The molecule has 4 rings (SSSR count). The standard InChI is InChI=1S/C23H32N8O/c1-7-14-9-31(20-17(14)22(32)29-23(25)28-20)13(6)8-16-26-19(24)18-15(11(2)3)10-30(12(4)5)21(18)27-16/h9-13H,7-8H2,1-6H3,(H2,24,26,27)(H3,25,28,29,32). The van der Waals surface area contributed by atoms with Crippen LogP contribution in [0.4, 0.5) is 11.8 Å². The third kappa shape index (κ3) is 3.51. The van der Waals surface area contributed by atoms with Crippen LogP contribution in [0.3, 0.4) is 0 Å². The zero-order chi connectivity index (χ0) is 23.3. The molecule has 0 aliphatic carbocycles. The summed E-state index contributed by atoms with van der Waals surface area (Å²) >= 11 is 0.